The molecule has 0 aromatic heterocycles. The largest absolute Gasteiger partial charge is 0.298 e. The normalized spacial score (nSPS) is 31.2. The molecule has 2 unspecified atom stereocenters. The number of hydrogen-bond donors (Lipinski definition) is 0. The maximum absolute atomic E-state index is 11.8. The molecule has 2 atom stereocenters. The topological polar surface area (TPSA) is 17.1 Å². The molecule has 1 nitrogen and oxygen atoms in total. The van der Waals surface area contributed by atoms with Gasteiger partial charge >= 0.3 is 0 Å². The zero-order chi connectivity index (χ0) is 11.0. The molecule has 3 rings (SSSR count). The van der Waals surface area contributed by atoms with Crippen LogP contribution in [0.15, 0.2) is 30.3 Å². The van der Waals surface area contributed by atoms with E-state index in [0.717, 1.165) is 24.8 Å². The van der Waals surface area contributed by atoms with E-state index < -0.39 is 0 Å². The molecule has 2 saturated carbocycles. The minimum absolute atomic E-state index is 0.242. The molecule has 1 heteroatoms. The summed E-state index contributed by atoms with van der Waals surface area (Å²) < 4.78 is 0. The summed E-state index contributed by atoms with van der Waals surface area (Å²) in [6.45, 7) is 0. The van der Waals surface area contributed by atoms with Gasteiger partial charge < -0.3 is 0 Å². The Hall–Kier alpha value is -1.55. The zero-order valence-corrected chi connectivity index (χ0v) is 9.20. The van der Waals surface area contributed by atoms with Crippen molar-refractivity contribution in [2.45, 2.75) is 25.7 Å². The van der Waals surface area contributed by atoms with Gasteiger partial charge in [-0.1, -0.05) is 42.9 Å². The van der Waals surface area contributed by atoms with Gasteiger partial charge in [0.1, 0.15) is 5.41 Å². The fraction of sp³-hybridized carbons (Fsp3) is 0.400. The van der Waals surface area contributed by atoms with Crippen molar-refractivity contribution in [3.8, 4) is 11.8 Å². The Morgan fingerprint density at radius 3 is 2.75 bits per heavy atom. The molecule has 0 radical (unpaired) electrons. The van der Waals surface area contributed by atoms with Crippen LogP contribution in [0.5, 0.6) is 0 Å². The van der Waals surface area contributed by atoms with Crippen molar-refractivity contribution >= 4 is 5.78 Å². The van der Waals surface area contributed by atoms with Crippen molar-refractivity contribution < 1.29 is 4.79 Å². The second-order valence-corrected chi connectivity index (χ2v) is 4.75. The standard InChI is InChI=1S/C15H14O/c16-14-13-8-4-5-10-15(13,14)11-9-12-6-2-1-3-7-12/h1-3,6-7,13H,4-5,8,10H2. The highest BCUT2D eigenvalue weighted by molar-refractivity contribution is 6.07. The van der Waals surface area contributed by atoms with Gasteiger partial charge in [-0.05, 0) is 25.0 Å². The van der Waals surface area contributed by atoms with Crippen molar-refractivity contribution in [3.05, 3.63) is 35.9 Å². The van der Waals surface area contributed by atoms with Crippen LogP contribution in [0.1, 0.15) is 31.2 Å². The molecule has 0 amide bonds. The number of hydrogen-bond acceptors (Lipinski definition) is 1. The number of ketones is 1. The third-order valence-corrected chi connectivity index (χ3v) is 3.79. The molecule has 1 aromatic rings. The maximum Gasteiger partial charge on any atom is 0.156 e. The minimum Gasteiger partial charge on any atom is -0.298 e. The van der Waals surface area contributed by atoms with Crippen molar-refractivity contribution in [3.63, 3.8) is 0 Å². The Kier molecular flexibility index (Phi) is 2.11. The molecule has 0 bridgehead atoms. The molecule has 16 heavy (non-hydrogen) atoms. The lowest BCUT2D eigenvalue weighted by atomic mass is 9.89. The third-order valence-electron chi connectivity index (χ3n) is 3.79. The highest BCUT2D eigenvalue weighted by Gasteiger charge is 2.64. The fourth-order valence-corrected chi connectivity index (χ4v) is 2.76. The van der Waals surface area contributed by atoms with Crippen LogP contribution in [0, 0.1) is 23.2 Å². The Morgan fingerprint density at radius 2 is 2.00 bits per heavy atom. The number of carbonyl (C=O) groups excluding carboxylic acids is 1. The smallest absolute Gasteiger partial charge is 0.156 e. The van der Waals surface area contributed by atoms with Crippen molar-refractivity contribution in [1.82, 2.24) is 0 Å². The first-order valence-electron chi connectivity index (χ1n) is 5.95. The molecule has 0 spiro atoms. The lowest BCUT2D eigenvalue weighted by Gasteiger charge is -2.12. The van der Waals surface area contributed by atoms with Crippen molar-refractivity contribution in [2.24, 2.45) is 11.3 Å². The summed E-state index contributed by atoms with van der Waals surface area (Å²) in [5.74, 6) is 7.05. The third kappa shape index (κ3) is 1.38. The summed E-state index contributed by atoms with van der Waals surface area (Å²) in [7, 11) is 0. The second kappa shape index (κ2) is 3.49. The van der Waals surface area contributed by atoms with E-state index in [1.54, 1.807) is 0 Å². The average Bonchev–Trinajstić information content (AvgIpc) is 2.95. The monoisotopic (exact) mass is 210 g/mol. The molecule has 0 heterocycles. The Labute approximate surface area is 95.9 Å². The first kappa shape index (κ1) is 9.66. The van der Waals surface area contributed by atoms with Crippen molar-refractivity contribution in [1.29, 1.82) is 0 Å². The molecule has 80 valence electrons. The van der Waals surface area contributed by atoms with Gasteiger partial charge in [-0.15, -0.1) is 0 Å². The average molecular weight is 210 g/mol. The van der Waals surface area contributed by atoms with E-state index >= 15 is 0 Å². The molecule has 1 aromatic carbocycles. The van der Waals surface area contributed by atoms with Gasteiger partial charge in [0.2, 0.25) is 0 Å². The minimum atomic E-state index is -0.242. The Balaban J connectivity index is 1.86. The van der Waals surface area contributed by atoms with Crippen LogP contribution in [-0.2, 0) is 4.79 Å². The lowest BCUT2D eigenvalue weighted by molar-refractivity contribution is -0.112. The van der Waals surface area contributed by atoms with E-state index in [-0.39, 0.29) is 11.3 Å². The zero-order valence-electron chi connectivity index (χ0n) is 9.20. The van der Waals surface area contributed by atoms with E-state index in [4.69, 9.17) is 0 Å². The summed E-state index contributed by atoms with van der Waals surface area (Å²) in [4.78, 5) is 11.8. The summed E-state index contributed by atoms with van der Waals surface area (Å²) in [5.41, 5.74) is 0.773. The summed E-state index contributed by atoms with van der Waals surface area (Å²) in [6, 6.07) is 9.93. The number of rotatable bonds is 0. The molecule has 0 saturated heterocycles. The predicted octanol–water partition coefficient (Wildman–Crippen LogP) is 2.80. The Bertz CT molecular complexity index is 477. The maximum atomic E-state index is 11.8. The van der Waals surface area contributed by atoms with Gasteiger partial charge in [0.15, 0.2) is 5.78 Å². The van der Waals surface area contributed by atoms with E-state index in [0.29, 0.717) is 5.78 Å². The van der Waals surface area contributed by atoms with Gasteiger partial charge in [-0.25, -0.2) is 0 Å². The van der Waals surface area contributed by atoms with Crippen LogP contribution in [0.25, 0.3) is 0 Å². The van der Waals surface area contributed by atoms with Gasteiger partial charge in [0, 0.05) is 11.5 Å². The van der Waals surface area contributed by atoms with E-state index in [2.05, 4.69) is 11.8 Å². The highest BCUT2D eigenvalue weighted by atomic mass is 16.1. The van der Waals surface area contributed by atoms with E-state index in [1.807, 2.05) is 30.3 Å². The number of carbonyl (C=O) groups is 1. The highest BCUT2D eigenvalue weighted by Crippen LogP contribution is 2.57. The lowest BCUT2D eigenvalue weighted by Crippen LogP contribution is -2.07. The van der Waals surface area contributed by atoms with Gasteiger partial charge in [-0.3, -0.25) is 4.79 Å². The number of fused-ring (bicyclic) bond motifs is 1. The molecule has 2 fully saturated rings. The van der Waals surface area contributed by atoms with Crippen LogP contribution < -0.4 is 0 Å². The molecule has 2 aliphatic rings. The molecule has 2 aliphatic carbocycles. The van der Waals surface area contributed by atoms with Crippen LogP contribution >= 0.6 is 0 Å². The van der Waals surface area contributed by atoms with Crippen molar-refractivity contribution in [2.75, 3.05) is 0 Å². The van der Waals surface area contributed by atoms with Gasteiger partial charge in [-0.2, -0.15) is 0 Å². The second-order valence-electron chi connectivity index (χ2n) is 4.75. The first-order chi connectivity index (χ1) is 7.83. The van der Waals surface area contributed by atoms with Crippen LogP contribution in [0.3, 0.4) is 0 Å². The van der Waals surface area contributed by atoms with E-state index in [9.17, 15) is 4.79 Å². The van der Waals surface area contributed by atoms with Gasteiger partial charge in [0.05, 0.1) is 0 Å². The molecule has 0 aliphatic heterocycles. The summed E-state index contributed by atoms with van der Waals surface area (Å²) in [6.07, 6.45) is 4.40. The SMILES string of the molecule is O=C1C2CCCCC12C#Cc1ccccc1. The molecular formula is C15H14O. The van der Waals surface area contributed by atoms with E-state index in [1.165, 1.54) is 6.42 Å². The molecular weight excluding hydrogens is 196 g/mol. The summed E-state index contributed by atoms with van der Waals surface area (Å²) >= 11 is 0. The van der Waals surface area contributed by atoms with Crippen LogP contribution in [-0.4, -0.2) is 5.78 Å². The fourth-order valence-electron chi connectivity index (χ4n) is 2.76. The van der Waals surface area contributed by atoms with Gasteiger partial charge in [0.25, 0.3) is 0 Å². The quantitative estimate of drug-likeness (QED) is 0.602. The molecule has 0 N–H and O–H groups in total. The summed E-state index contributed by atoms with van der Waals surface area (Å²) in [5, 5.41) is 0. The first-order valence-corrected chi connectivity index (χ1v) is 5.95. The van der Waals surface area contributed by atoms with Crippen LogP contribution in [0.2, 0.25) is 0 Å². The number of Topliss-reactive ketones (excluding diaryl/α,β-unsaturated/α-hetero) is 1. The predicted molar refractivity (Wildman–Crippen MR) is 62.7 cm³/mol. The number of benzene rings is 1. The Morgan fingerprint density at radius 1 is 1.19 bits per heavy atom. The van der Waals surface area contributed by atoms with Crippen LogP contribution in [0.4, 0.5) is 0 Å².